The number of nitrogens with zero attached hydrogens (tertiary/aromatic N) is 2. The molecule has 116 valence electrons. The number of carbonyl (C=O) groups excluding carboxylic acids is 1. The second-order valence-electron chi connectivity index (χ2n) is 6.30. The molecule has 1 amide bonds. The fourth-order valence-corrected chi connectivity index (χ4v) is 2.99. The Hall–Kier alpha value is -2.62. The number of aromatic nitrogens is 2. The Morgan fingerprint density at radius 3 is 2.78 bits per heavy atom. The fraction of sp³-hybridized carbons (Fsp3) is 0.263. The van der Waals surface area contributed by atoms with Crippen molar-refractivity contribution >= 4 is 22.6 Å². The molecule has 4 heteroatoms. The minimum absolute atomic E-state index is 0.0897. The van der Waals surface area contributed by atoms with Gasteiger partial charge in [0, 0.05) is 29.6 Å². The van der Waals surface area contributed by atoms with Crippen LogP contribution in [0.15, 0.2) is 42.6 Å². The molecule has 4 rings (SSSR count). The molecular formula is C19H19N3O. The molecule has 1 aliphatic rings. The molecule has 1 aliphatic carbocycles. The molecule has 0 bridgehead atoms. The first-order chi connectivity index (χ1) is 11.1. The summed E-state index contributed by atoms with van der Waals surface area (Å²) in [6.07, 6.45) is 3.83. The summed E-state index contributed by atoms with van der Waals surface area (Å²) >= 11 is 0. The summed E-state index contributed by atoms with van der Waals surface area (Å²) in [4.78, 5) is 16.3. The average Bonchev–Trinajstić information content (AvgIpc) is 3.34. The van der Waals surface area contributed by atoms with E-state index in [0.717, 1.165) is 29.4 Å². The van der Waals surface area contributed by atoms with Crippen molar-refractivity contribution in [2.45, 2.75) is 19.8 Å². The van der Waals surface area contributed by atoms with Gasteiger partial charge in [0.25, 0.3) is 0 Å². The van der Waals surface area contributed by atoms with Gasteiger partial charge in [0.1, 0.15) is 5.82 Å². The maximum Gasteiger partial charge on any atom is 0.228 e. The van der Waals surface area contributed by atoms with E-state index >= 15 is 0 Å². The smallest absolute Gasteiger partial charge is 0.228 e. The van der Waals surface area contributed by atoms with Crippen molar-refractivity contribution < 1.29 is 4.79 Å². The second kappa shape index (κ2) is 5.23. The molecule has 1 fully saturated rings. The van der Waals surface area contributed by atoms with Crippen molar-refractivity contribution in [1.82, 2.24) is 9.55 Å². The predicted molar refractivity (Wildman–Crippen MR) is 92.2 cm³/mol. The molecule has 2 aromatic heterocycles. The number of pyridine rings is 1. The number of fused-ring (bicyclic) bond motifs is 1. The lowest BCUT2D eigenvalue weighted by molar-refractivity contribution is -0.117. The zero-order valence-corrected chi connectivity index (χ0v) is 13.3. The van der Waals surface area contributed by atoms with Crippen LogP contribution in [-0.2, 0) is 11.8 Å². The highest BCUT2D eigenvalue weighted by molar-refractivity contribution is 5.96. The van der Waals surface area contributed by atoms with E-state index in [0.29, 0.717) is 5.82 Å². The molecule has 2 heterocycles. The highest BCUT2D eigenvalue weighted by atomic mass is 16.2. The van der Waals surface area contributed by atoms with E-state index in [9.17, 15) is 4.79 Å². The van der Waals surface area contributed by atoms with Gasteiger partial charge in [0.05, 0.1) is 11.7 Å². The number of rotatable bonds is 3. The van der Waals surface area contributed by atoms with E-state index in [1.54, 1.807) is 0 Å². The average molecular weight is 305 g/mol. The van der Waals surface area contributed by atoms with E-state index < -0.39 is 0 Å². The van der Waals surface area contributed by atoms with Gasteiger partial charge in [-0.15, -0.1) is 0 Å². The third-order valence-electron chi connectivity index (χ3n) is 4.55. The Morgan fingerprint density at radius 2 is 2.04 bits per heavy atom. The summed E-state index contributed by atoms with van der Waals surface area (Å²) in [5, 5.41) is 4.01. The highest BCUT2D eigenvalue weighted by Crippen LogP contribution is 2.32. The normalized spacial score (nSPS) is 14.2. The molecule has 4 nitrogen and oxygen atoms in total. The number of aryl methyl sites for hydroxylation is 2. The van der Waals surface area contributed by atoms with Crippen LogP contribution in [0.4, 0.5) is 5.82 Å². The van der Waals surface area contributed by atoms with Crippen molar-refractivity contribution in [3.05, 3.63) is 48.2 Å². The van der Waals surface area contributed by atoms with Crippen molar-refractivity contribution in [2.24, 2.45) is 13.0 Å². The lowest BCUT2D eigenvalue weighted by atomic mass is 10.1. The molecule has 0 saturated heterocycles. The quantitative estimate of drug-likeness (QED) is 0.798. The lowest BCUT2D eigenvalue weighted by Crippen LogP contribution is -2.14. The van der Waals surface area contributed by atoms with Gasteiger partial charge in [-0.25, -0.2) is 4.98 Å². The van der Waals surface area contributed by atoms with Crippen molar-refractivity contribution in [2.75, 3.05) is 5.32 Å². The zero-order valence-electron chi connectivity index (χ0n) is 13.3. The van der Waals surface area contributed by atoms with Gasteiger partial charge in [-0.05, 0) is 37.5 Å². The molecule has 23 heavy (non-hydrogen) atoms. The fourth-order valence-electron chi connectivity index (χ4n) is 2.99. The molecule has 0 spiro atoms. The van der Waals surface area contributed by atoms with E-state index in [-0.39, 0.29) is 11.8 Å². The molecule has 0 atom stereocenters. The van der Waals surface area contributed by atoms with Gasteiger partial charge in [-0.1, -0.05) is 24.3 Å². The van der Waals surface area contributed by atoms with E-state index in [1.165, 1.54) is 11.1 Å². The summed E-state index contributed by atoms with van der Waals surface area (Å²) < 4.78 is 2.15. The molecule has 1 N–H and O–H groups in total. The van der Waals surface area contributed by atoms with Crippen molar-refractivity contribution in [3.8, 4) is 11.3 Å². The van der Waals surface area contributed by atoms with Crippen molar-refractivity contribution in [3.63, 3.8) is 0 Å². The van der Waals surface area contributed by atoms with Gasteiger partial charge >= 0.3 is 0 Å². The van der Waals surface area contributed by atoms with Crippen LogP contribution in [-0.4, -0.2) is 15.5 Å². The summed E-state index contributed by atoms with van der Waals surface area (Å²) in [6, 6.07) is 12.5. The Bertz CT molecular complexity index is 906. The Kier molecular flexibility index (Phi) is 3.18. The standard InChI is InChI=1S/C19H19N3O/c1-12-5-3-4-6-15(12)16-9-14-10-18(20-11-17(14)22(16)2)21-19(23)13-7-8-13/h3-6,9-11,13H,7-8H2,1-2H3,(H,20,21,23). The van der Waals surface area contributed by atoms with Crippen molar-refractivity contribution in [1.29, 1.82) is 0 Å². The first-order valence-corrected chi connectivity index (χ1v) is 7.96. The first kappa shape index (κ1) is 14.0. The van der Waals surface area contributed by atoms with E-state index in [4.69, 9.17) is 0 Å². The van der Waals surface area contributed by atoms with Crippen LogP contribution in [0.2, 0.25) is 0 Å². The zero-order chi connectivity index (χ0) is 16.0. The van der Waals surface area contributed by atoms with Crippen LogP contribution in [0.1, 0.15) is 18.4 Å². The number of hydrogen-bond acceptors (Lipinski definition) is 2. The topological polar surface area (TPSA) is 46.9 Å². The van der Waals surface area contributed by atoms with Gasteiger partial charge in [0.2, 0.25) is 5.91 Å². The lowest BCUT2D eigenvalue weighted by Gasteiger charge is -2.07. The number of amides is 1. The molecule has 3 aromatic rings. The van der Waals surface area contributed by atoms with Crippen LogP contribution < -0.4 is 5.32 Å². The SMILES string of the molecule is Cc1ccccc1-c1cc2cc(NC(=O)C3CC3)ncc2n1C. The van der Waals surface area contributed by atoms with Gasteiger partial charge < -0.3 is 9.88 Å². The molecule has 0 unspecified atom stereocenters. The van der Waals surface area contributed by atoms with E-state index in [2.05, 4.69) is 52.1 Å². The maximum absolute atomic E-state index is 11.9. The largest absolute Gasteiger partial charge is 0.342 e. The third-order valence-corrected chi connectivity index (χ3v) is 4.55. The second-order valence-corrected chi connectivity index (χ2v) is 6.30. The van der Waals surface area contributed by atoms with Crippen LogP contribution >= 0.6 is 0 Å². The number of hydrogen-bond donors (Lipinski definition) is 1. The van der Waals surface area contributed by atoms with Gasteiger partial charge in [-0.3, -0.25) is 4.79 Å². The number of benzene rings is 1. The highest BCUT2D eigenvalue weighted by Gasteiger charge is 2.29. The Balaban J connectivity index is 1.75. The summed E-state index contributed by atoms with van der Waals surface area (Å²) in [5.41, 5.74) is 4.68. The molecule has 0 aliphatic heterocycles. The third kappa shape index (κ3) is 2.50. The Labute approximate surface area is 135 Å². The van der Waals surface area contributed by atoms with Crippen LogP contribution in [0.5, 0.6) is 0 Å². The van der Waals surface area contributed by atoms with Crippen LogP contribution in [0.25, 0.3) is 22.2 Å². The summed E-state index contributed by atoms with van der Waals surface area (Å²) in [6.45, 7) is 2.12. The Morgan fingerprint density at radius 1 is 1.26 bits per heavy atom. The minimum Gasteiger partial charge on any atom is -0.342 e. The molecular weight excluding hydrogens is 286 g/mol. The van der Waals surface area contributed by atoms with E-state index in [1.807, 2.05) is 19.3 Å². The maximum atomic E-state index is 11.9. The summed E-state index contributed by atoms with van der Waals surface area (Å²) in [7, 11) is 2.05. The summed E-state index contributed by atoms with van der Waals surface area (Å²) in [5.74, 6) is 0.911. The number of nitrogens with one attached hydrogen (secondary N) is 1. The first-order valence-electron chi connectivity index (χ1n) is 7.96. The van der Waals surface area contributed by atoms with Crippen LogP contribution in [0.3, 0.4) is 0 Å². The van der Waals surface area contributed by atoms with Crippen LogP contribution in [0, 0.1) is 12.8 Å². The van der Waals surface area contributed by atoms with Gasteiger partial charge in [0.15, 0.2) is 0 Å². The molecule has 1 aromatic carbocycles. The predicted octanol–water partition coefficient (Wildman–Crippen LogP) is 3.90. The minimum atomic E-state index is 0.0897. The monoisotopic (exact) mass is 305 g/mol. The molecule has 0 radical (unpaired) electrons. The number of anilines is 1. The number of carbonyl (C=O) groups is 1. The van der Waals surface area contributed by atoms with Gasteiger partial charge in [-0.2, -0.15) is 0 Å². The molecule has 1 saturated carbocycles.